The number of amides is 2. The van der Waals surface area contributed by atoms with Crippen molar-refractivity contribution in [3.63, 3.8) is 0 Å². The summed E-state index contributed by atoms with van der Waals surface area (Å²) in [5.41, 5.74) is 0. The van der Waals surface area contributed by atoms with Gasteiger partial charge in [-0.15, -0.1) is 0 Å². The number of nitrogens with one attached hydrogen (secondary N) is 1. The third kappa shape index (κ3) is 7.64. The fourth-order valence-electron chi connectivity index (χ4n) is 1.76. The molecule has 3 atom stereocenters. The molecule has 0 bridgehead atoms. The Labute approximate surface area is 120 Å². The molecule has 0 aliphatic rings. The average Bonchev–Trinajstić information content (AvgIpc) is 2.41. The first-order valence-corrected chi connectivity index (χ1v) is 6.80. The third-order valence-corrected chi connectivity index (χ3v) is 2.88. The zero-order valence-corrected chi connectivity index (χ0v) is 12.8. The Bertz CT molecular complexity index is 263. The molecule has 0 aromatic carbocycles. The molecule has 7 nitrogen and oxygen atoms in total. The van der Waals surface area contributed by atoms with Crippen LogP contribution in [0.4, 0.5) is 4.79 Å². The third-order valence-electron chi connectivity index (χ3n) is 2.88. The topological polar surface area (TPSA) is 91.3 Å². The Morgan fingerprint density at radius 3 is 2.40 bits per heavy atom. The van der Waals surface area contributed by atoms with Gasteiger partial charge in [-0.1, -0.05) is 0 Å². The average molecular weight is 292 g/mol. The van der Waals surface area contributed by atoms with Gasteiger partial charge in [-0.3, -0.25) is 0 Å². The number of hydrogen-bond donors (Lipinski definition) is 3. The summed E-state index contributed by atoms with van der Waals surface area (Å²) in [5.74, 6) is 0. The number of ether oxygens (including phenoxy) is 2. The van der Waals surface area contributed by atoms with Gasteiger partial charge in [-0.05, 0) is 20.3 Å². The highest BCUT2D eigenvalue weighted by Crippen LogP contribution is 2.03. The maximum atomic E-state index is 12.2. The van der Waals surface area contributed by atoms with Gasteiger partial charge in [-0.25, -0.2) is 4.79 Å². The van der Waals surface area contributed by atoms with Gasteiger partial charge < -0.3 is 29.9 Å². The van der Waals surface area contributed by atoms with Gasteiger partial charge in [0, 0.05) is 27.4 Å². The van der Waals surface area contributed by atoms with E-state index in [2.05, 4.69) is 5.32 Å². The first-order valence-electron chi connectivity index (χ1n) is 6.80. The molecule has 0 aromatic rings. The maximum absolute atomic E-state index is 12.2. The van der Waals surface area contributed by atoms with Crippen molar-refractivity contribution in [3.05, 3.63) is 0 Å². The van der Waals surface area contributed by atoms with Crippen molar-refractivity contribution in [2.75, 3.05) is 40.6 Å². The zero-order chi connectivity index (χ0) is 15.5. The second kappa shape index (κ2) is 10.8. The van der Waals surface area contributed by atoms with E-state index in [4.69, 9.17) is 9.47 Å². The lowest BCUT2D eigenvalue weighted by Gasteiger charge is -2.31. The van der Waals surface area contributed by atoms with E-state index in [0.29, 0.717) is 19.6 Å². The molecule has 2 amide bonds. The summed E-state index contributed by atoms with van der Waals surface area (Å²) < 4.78 is 10.1. The van der Waals surface area contributed by atoms with E-state index in [9.17, 15) is 15.0 Å². The summed E-state index contributed by atoms with van der Waals surface area (Å²) in [6, 6.07) is -0.865. The van der Waals surface area contributed by atoms with Crippen LogP contribution in [-0.2, 0) is 9.47 Å². The normalized spacial score (nSPS) is 15.5. The molecular weight excluding hydrogens is 264 g/mol. The molecule has 120 valence electrons. The van der Waals surface area contributed by atoms with Crippen LogP contribution in [0.15, 0.2) is 0 Å². The quantitative estimate of drug-likeness (QED) is 0.519. The van der Waals surface area contributed by atoms with Crippen molar-refractivity contribution in [1.82, 2.24) is 10.2 Å². The van der Waals surface area contributed by atoms with Gasteiger partial charge in [0.1, 0.15) is 0 Å². The standard InChI is InChI=1S/C13H28N2O5/c1-10(8-16)15(7-11(2)17)13(18)14-12(9-20-4)5-6-19-3/h10-12,16-17H,5-9H2,1-4H3,(H,14,18). The summed E-state index contributed by atoms with van der Waals surface area (Å²) in [5, 5.41) is 21.5. The van der Waals surface area contributed by atoms with Crippen molar-refractivity contribution in [2.45, 2.75) is 38.5 Å². The number of carbonyl (C=O) groups is 1. The van der Waals surface area contributed by atoms with Crippen molar-refractivity contribution >= 4 is 6.03 Å². The predicted molar refractivity (Wildman–Crippen MR) is 75.6 cm³/mol. The van der Waals surface area contributed by atoms with E-state index < -0.39 is 6.10 Å². The van der Waals surface area contributed by atoms with Gasteiger partial charge in [0.15, 0.2) is 0 Å². The molecule has 0 aliphatic carbocycles. The first kappa shape index (κ1) is 19.1. The Balaban J connectivity index is 4.59. The summed E-state index contributed by atoms with van der Waals surface area (Å²) >= 11 is 0. The fraction of sp³-hybridized carbons (Fsp3) is 0.923. The molecule has 20 heavy (non-hydrogen) atoms. The van der Waals surface area contributed by atoms with Gasteiger partial charge in [0.25, 0.3) is 0 Å². The summed E-state index contributed by atoms with van der Waals surface area (Å²) in [4.78, 5) is 13.6. The molecule has 7 heteroatoms. The smallest absolute Gasteiger partial charge is 0.318 e. The number of aliphatic hydroxyl groups excluding tert-OH is 2. The van der Waals surface area contributed by atoms with Gasteiger partial charge in [0.2, 0.25) is 0 Å². The van der Waals surface area contributed by atoms with Crippen molar-refractivity contribution in [3.8, 4) is 0 Å². The molecule has 0 aliphatic heterocycles. The summed E-state index contributed by atoms with van der Waals surface area (Å²) in [6.45, 7) is 4.22. The highest BCUT2D eigenvalue weighted by molar-refractivity contribution is 5.75. The molecule has 3 N–H and O–H groups in total. The van der Waals surface area contributed by atoms with E-state index in [1.165, 1.54) is 4.90 Å². The molecule has 0 rings (SSSR count). The van der Waals surface area contributed by atoms with Crippen LogP contribution in [-0.4, -0.2) is 79.9 Å². The monoisotopic (exact) mass is 292 g/mol. The Kier molecular flexibility index (Phi) is 10.4. The number of hydrogen-bond acceptors (Lipinski definition) is 5. The molecule has 0 spiro atoms. The van der Waals surface area contributed by atoms with Crippen LogP contribution in [0.3, 0.4) is 0 Å². The van der Waals surface area contributed by atoms with Crippen LogP contribution in [0.25, 0.3) is 0 Å². The number of rotatable bonds is 10. The molecule has 0 fully saturated rings. The molecule has 0 saturated carbocycles. The highest BCUT2D eigenvalue weighted by atomic mass is 16.5. The van der Waals surface area contributed by atoms with E-state index in [1.807, 2.05) is 0 Å². The SMILES string of the molecule is COCCC(COC)NC(=O)N(CC(C)O)C(C)CO. The van der Waals surface area contributed by atoms with Crippen LogP contribution in [0.1, 0.15) is 20.3 Å². The lowest BCUT2D eigenvalue weighted by atomic mass is 10.2. The van der Waals surface area contributed by atoms with Crippen LogP contribution in [0.5, 0.6) is 0 Å². The fourth-order valence-corrected chi connectivity index (χ4v) is 1.76. The Morgan fingerprint density at radius 2 is 1.95 bits per heavy atom. The van der Waals surface area contributed by atoms with Crippen molar-refractivity contribution in [1.29, 1.82) is 0 Å². The summed E-state index contributed by atoms with van der Waals surface area (Å²) in [7, 11) is 3.16. The van der Waals surface area contributed by atoms with Crippen LogP contribution in [0.2, 0.25) is 0 Å². The first-order chi connectivity index (χ1) is 9.46. The second-order valence-electron chi connectivity index (χ2n) is 4.92. The predicted octanol–water partition coefficient (Wildman–Crippen LogP) is -0.189. The molecule has 0 heterocycles. The van der Waals surface area contributed by atoms with Crippen LogP contribution >= 0.6 is 0 Å². The van der Waals surface area contributed by atoms with Crippen LogP contribution in [0, 0.1) is 0 Å². The molecule has 0 radical (unpaired) electrons. The minimum absolute atomic E-state index is 0.160. The lowest BCUT2D eigenvalue weighted by Crippen LogP contribution is -2.52. The minimum Gasteiger partial charge on any atom is -0.394 e. The van der Waals surface area contributed by atoms with Gasteiger partial charge >= 0.3 is 6.03 Å². The number of carbonyl (C=O) groups excluding carboxylic acids is 1. The lowest BCUT2D eigenvalue weighted by molar-refractivity contribution is 0.0860. The van der Waals surface area contributed by atoms with E-state index in [-0.39, 0.29) is 31.3 Å². The number of nitrogens with zero attached hydrogens (tertiary/aromatic N) is 1. The summed E-state index contributed by atoms with van der Waals surface area (Å²) in [6.07, 6.45) is -0.0267. The minimum atomic E-state index is -0.658. The second-order valence-corrected chi connectivity index (χ2v) is 4.92. The zero-order valence-electron chi connectivity index (χ0n) is 12.8. The molecule has 3 unspecified atom stereocenters. The van der Waals surface area contributed by atoms with Gasteiger partial charge in [-0.2, -0.15) is 0 Å². The largest absolute Gasteiger partial charge is 0.394 e. The maximum Gasteiger partial charge on any atom is 0.318 e. The molecular formula is C13H28N2O5. The van der Waals surface area contributed by atoms with Gasteiger partial charge in [0.05, 0.1) is 31.4 Å². The highest BCUT2D eigenvalue weighted by Gasteiger charge is 2.23. The Morgan fingerprint density at radius 1 is 1.30 bits per heavy atom. The number of urea groups is 1. The molecule has 0 aromatic heterocycles. The molecule has 0 saturated heterocycles. The Hall–Kier alpha value is -0.890. The van der Waals surface area contributed by atoms with Crippen molar-refractivity contribution < 1.29 is 24.5 Å². The number of aliphatic hydroxyl groups is 2. The number of methoxy groups -OCH3 is 2. The van der Waals surface area contributed by atoms with E-state index >= 15 is 0 Å². The van der Waals surface area contributed by atoms with Crippen molar-refractivity contribution in [2.24, 2.45) is 0 Å². The van der Waals surface area contributed by atoms with Crippen LogP contribution < -0.4 is 5.32 Å². The van der Waals surface area contributed by atoms with E-state index in [1.54, 1.807) is 28.1 Å². The van der Waals surface area contributed by atoms with E-state index in [0.717, 1.165) is 0 Å².